The molecule has 4 rings (SSSR count). The monoisotopic (exact) mass is 458 g/mol. The summed E-state index contributed by atoms with van der Waals surface area (Å²) in [6, 6.07) is 21.4. The topological polar surface area (TPSA) is 43.8 Å². The highest BCUT2D eigenvalue weighted by molar-refractivity contribution is 5.65. The number of rotatable bonds is 10. The fraction of sp³-hybridized carbons (Fsp3) is 0.433. The van der Waals surface area contributed by atoms with E-state index in [1.165, 1.54) is 16.7 Å². The van der Waals surface area contributed by atoms with E-state index in [1.807, 2.05) is 0 Å². The molecule has 1 unspecified atom stereocenters. The summed E-state index contributed by atoms with van der Waals surface area (Å²) in [5.41, 5.74) is 4.17. The number of benzene rings is 2. The normalized spacial score (nSPS) is 20.4. The van der Waals surface area contributed by atoms with E-state index >= 15 is 0 Å². The summed E-state index contributed by atoms with van der Waals surface area (Å²) in [7, 11) is 0. The Morgan fingerprint density at radius 2 is 1.68 bits per heavy atom. The molecule has 180 valence electrons. The van der Waals surface area contributed by atoms with Crippen LogP contribution in [-0.2, 0) is 13.1 Å². The fourth-order valence-electron chi connectivity index (χ4n) is 5.49. The van der Waals surface area contributed by atoms with Gasteiger partial charge in [-0.3, -0.25) is 4.90 Å². The molecule has 4 heteroatoms. The molecule has 4 nitrogen and oxygen atoms in total. The molecule has 1 N–H and O–H groups in total. The molecule has 1 aliphatic heterocycles. The van der Waals surface area contributed by atoms with Gasteiger partial charge >= 0.3 is 6.09 Å². The molecule has 0 spiro atoms. The van der Waals surface area contributed by atoms with Gasteiger partial charge in [0.25, 0.3) is 0 Å². The van der Waals surface area contributed by atoms with Gasteiger partial charge in [0.1, 0.15) is 0 Å². The molecule has 34 heavy (non-hydrogen) atoms. The Kier molecular flexibility index (Phi) is 8.97. The Morgan fingerprint density at radius 3 is 2.26 bits per heavy atom. The molecule has 0 bridgehead atoms. The minimum atomic E-state index is -0.756. The first kappa shape index (κ1) is 24.3. The second-order valence-corrected chi connectivity index (χ2v) is 9.84. The predicted octanol–water partition coefficient (Wildman–Crippen LogP) is 6.89. The second-order valence-electron chi connectivity index (χ2n) is 9.84. The number of hydrogen-bond acceptors (Lipinski definition) is 2. The number of piperidine rings is 1. The molecule has 1 heterocycles. The van der Waals surface area contributed by atoms with E-state index in [0.29, 0.717) is 12.5 Å². The minimum Gasteiger partial charge on any atom is -0.465 e. The van der Waals surface area contributed by atoms with E-state index in [2.05, 4.69) is 83.8 Å². The van der Waals surface area contributed by atoms with Gasteiger partial charge in [-0.05, 0) is 68.5 Å². The summed E-state index contributed by atoms with van der Waals surface area (Å²) in [5, 5.41) is 9.81. The van der Waals surface area contributed by atoms with E-state index in [1.54, 1.807) is 4.90 Å². The minimum absolute atomic E-state index is 0.131. The predicted molar refractivity (Wildman–Crippen MR) is 139 cm³/mol. The lowest BCUT2D eigenvalue weighted by Crippen LogP contribution is -2.45. The Morgan fingerprint density at radius 1 is 1.00 bits per heavy atom. The van der Waals surface area contributed by atoms with E-state index in [4.69, 9.17) is 0 Å². The van der Waals surface area contributed by atoms with Crippen molar-refractivity contribution in [3.8, 4) is 0 Å². The third kappa shape index (κ3) is 7.33. The molecule has 1 saturated heterocycles. The zero-order chi connectivity index (χ0) is 23.6. The molecular formula is C30H38N2O2. The summed E-state index contributed by atoms with van der Waals surface area (Å²) >= 11 is 0. The third-order valence-electron chi connectivity index (χ3n) is 7.23. The maximum absolute atomic E-state index is 11.9. The van der Waals surface area contributed by atoms with Gasteiger partial charge in [-0.15, -0.1) is 0 Å². The standard InChI is InChI=1S/C30H38N2O2/c33-30(34)32-20-18-28(21-25-11-4-1-5-12-25)22-29(32)17-10-19-31(23-26-13-6-2-7-14-26)24-27-15-8-3-9-16-27/h1-4,6-9,11,13-16,28-29H,5,10,12,17-24H2,(H,33,34)/t28?,29-/m0/s1. The molecular weight excluding hydrogens is 420 g/mol. The molecule has 2 aromatic carbocycles. The van der Waals surface area contributed by atoms with Crippen LogP contribution in [0.15, 0.2) is 84.5 Å². The molecule has 2 aliphatic rings. The molecule has 0 aromatic heterocycles. The van der Waals surface area contributed by atoms with Crippen LogP contribution in [0, 0.1) is 5.92 Å². The van der Waals surface area contributed by atoms with Crippen molar-refractivity contribution in [1.82, 2.24) is 9.80 Å². The summed E-state index contributed by atoms with van der Waals surface area (Å²) in [6.07, 6.45) is 13.3. The zero-order valence-corrected chi connectivity index (χ0v) is 20.2. The van der Waals surface area contributed by atoms with Gasteiger partial charge in [0.2, 0.25) is 0 Å². The van der Waals surface area contributed by atoms with E-state index < -0.39 is 6.09 Å². The van der Waals surface area contributed by atoms with Crippen molar-refractivity contribution in [3.05, 3.63) is 95.6 Å². The second kappa shape index (κ2) is 12.6. The number of likely N-dealkylation sites (tertiary alicyclic amines) is 1. The summed E-state index contributed by atoms with van der Waals surface area (Å²) in [4.78, 5) is 16.1. The van der Waals surface area contributed by atoms with Crippen LogP contribution in [0.25, 0.3) is 0 Å². The highest BCUT2D eigenvalue weighted by Crippen LogP contribution is 2.32. The number of nitrogens with zero attached hydrogens (tertiary/aromatic N) is 2. The number of carboxylic acid groups (broad SMARTS) is 1. The van der Waals surface area contributed by atoms with Crippen molar-refractivity contribution < 1.29 is 9.90 Å². The summed E-state index contributed by atoms with van der Waals surface area (Å²) in [5.74, 6) is 0.600. The van der Waals surface area contributed by atoms with E-state index in [9.17, 15) is 9.90 Å². The Balaban J connectivity index is 1.35. The highest BCUT2D eigenvalue weighted by Gasteiger charge is 2.31. The number of hydrogen-bond donors (Lipinski definition) is 1. The average molecular weight is 459 g/mol. The Labute approximate surface area is 204 Å². The van der Waals surface area contributed by atoms with Crippen molar-refractivity contribution in [2.24, 2.45) is 5.92 Å². The van der Waals surface area contributed by atoms with Gasteiger partial charge in [-0.2, -0.15) is 0 Å². The van der Waals surface area contributed by atoms with Crippen molar-refractivity contribution in [3.63, 3.8) is 0 Å². The first-order valence-corrected chi connectivity index (χ1v) is 12.8. The number of allylic oxidation sites excluding steroid dienone is 4. The molecule has 0 radical (unpaired) electrons. The van der Waals surface area contributed by atoms with Crippen LogP contribution in [0.3, 0.4) is 0 Å². The maximum Gasteiger partial charge on any atom is 0.407 e. The van der Waals surface area contributed by atoms with Gasteiger partial charge in [-0.1, -0.05) is 84.5 Å². The number of carbonyl (C=O) groups is 1. The van der Waals surface area contributed by atoms with Gasteiger partial charge in [0.15, 0.2) is 0 Å². The van der Waals surface area contributed by atoms with Crippen LogP contribution < -0.4 is 0 Å². The first-order chi connectivity index (χ1) is 16.7. The lowest BCUT2D eigenvalue weighted by atomic mass is 9.83. The smallest absolute Gasteiger partial charge is 0.407 e. The third-order valence-corrected chi connectivity index (χ3v) is 7.23. The molecule has 1 amide bonds. The van der Waals surface area contributed by atoms with Crippen LogP contribution in [0.1, 0.15) is 56.1 Å². The van der Waals surface area contributed by atoms with Crippen LogP contribution >= 0.6 is 0 Å². The van der Waals surface area contributed by atoms with Crippen molar-refractivity contribution in [2.75, 3.05) is 13.1 Å². The lowest BCUT2D eigenvalue weighted by Gasteiger charge is -2.38. The molecule has 2 atom stereocenters. The van der Waals surface area contributed by atoms with Gasteiger partial charge < -0.3 is 10.0 Å². The summed E-state index contributed by atoms with van der Waals surface area (Å²) in [6.45, 7) is 3.46. The Hall–Kier alpha value is -2.85. The largest absolute Gasteiger partial charge is 0.465 e. The highest BCUT2D eigenvalue weighted by atomic mass is 16.4. The van der Waals surface area contributed by atoms with Crippen molar-refractivity contribution >= 4 is 6.09 Å². The number of amides is 1. The molecule has 0 saturated carbocycles. The summed E-state index contributed by atoms with van der Waals surface area (Å²) < 4.78 is 0. The van der Waals surface area contributed by atoms with Crippen LogP contribution in [0.2, 0.25) is 0 Å². The van der Waals surface area contributed by atoms with Crippen molar-refractivity contribution in [2.45, 2.75) is 64.1 Å². The molecule has 2 aromatic rings. The van der Waals surface area contributed by atoms with Gasteiger partial charge in [-0.25, -0.2) is 4.79 Å². The van der Waals surface area contributed by atoms with Crippen LogP contribution in [0.5, 0.6) is 0 Å². The maximum atomic E-state index is 11.9. The average Bonchev–Trinajstić information content (AvgIpc) is 2.86. The SMILES string of the molecule is O=C(O)N1CCC(CC2=CC=CCC2)C[C@@H]1CCCN(Cc1ccccc1)Cc1ccccc1. The van der Waals surface area contributed by atoms with E-state index in [0.717, 1.165) is 64.6 Å². The van der Waals surface area contributed by atoms with Gasteiger partial charge in [0.05, 0.1) is 0 Å². The first-order valence-electron chi connectivity index (χ1n) is 12.8. The zero-order valence-electron chi connectivity index (χ0n) is 20.2. The van der Waals surface area contributed by atoms with Crippen molar-refractivity contribution in [1.29, 1.82) is 0 Å². The molecule has 1 aliphatic carbocycles. The Bertz CT molecular complexity index is 913. The van der Waals surface area contributed by atoms with E-state index in [-0.39, 0.29) is 6.04 Å². The molecule has 1 fully saturated rings. The lowest BCUT2D eigenvalue weighted by molar-refractivity contribution is 0.0832. The van der Waals surface area contributed by atoms with Crippen LogP contribution in [-0.4, -0.2) is 40.1 Å². The fourth-order valence-corrected chi connectivity index (χ4v) is 5.49. The van der Waals surface area contributed by atoms with Crippen LogP contribution in [0.4, 0.5) is 4.79 Å². The van der Waals surface area contributed by atoms with Gasteiger partial charge in [0, 0.05) is 25.7 Å². The quantitative estimate of drug-likeness (QED) is 0.421.